The van der Waals surface area contributed by atoms with Gasteiger partial charge in [-0.25, -0.2) is 0 Å². The third kappa shape index (κ3) is 5.21. The Hall–Kier alpha value is -0.930. The molecule has 0 heterocycles. The van der Waals surface area contributed by atoms with Gasteiger partial charge in [0.1, 0.15) is 0 Å². The second kappa shape index (κ2) is 6.19. The molecule has 0 atom stereocenters. The van der Waals surface area contributed by atoms with Gasteiger partial charge in [0.2, 0.25) is 0 Å². The van der Waals surface area contributed by atoms with Gasteiger partial charge in [0.05, 0.1) is 13.7 Å². The van der Waals surface area contributed by atoms with E-state index in [9.17, 15) is 0 Å². The molecular weight excluding hydrogens is 128 g/mol. The molecule has 0 rings (SSSR count). The van der Waals surface area contributed by atoms with Gasteiger partial charge < -0.3 is 10.2 Å². The summed E-state index contributed by atoms with van der Waals surface area (Å²) >= 11 is 0. The molecule has 0 unspecified atom stereocenters. The van der Waals surface area contributed by atoms with E-state index in [0.717, 1.165) is 0 Å². The van der Waals surface area contributed by atoms with E-state index in [1.165, 1.54) is 7.11 Å². The normalized spacial score (nSPS) is 10.1. The summed E-state index contributed by atoms with van der Waals surface area (Å²) in [4.78, 5) is 4.54. The molecule has 0 aliphatic rings. The molecule has 0 aliphatic carbocycles. The summed E-state index contributed by atoms with van der Waals surface area (Å²) in [5, 5.41) is 7.22. The zero-order valence-corrected chi connectivity index (χ0v) is 6.05. The van der Waals surface area contributed by atoms with Crippen LogP contribution in [0.25, 0.3) is 0 Å². The lowest BCUT2D eigenvalue weighted by Crippen LogP contribution is -2.19. The van der Waals surface area contributed by atoms with E-state index in [1.807, 2.05) is 0 Å². The molecule has 10 heavy (non-hydrogen) atoms. The Kier molecular flexibility index (Phi) is 5.62. The van der Waals surface area contributed by atoms with Crippen molar-refractivity contribution < 1.29 is 4.84 Å². The molecule has 0 aromatic heterocycles. The first kappa shape index (κ1) is 9.07. The van der Waals surface area contributed by atoms with Gasteiger partial charge in [-0.15, -0.1) is 0 Å². The van der Waals surface area contributed by atoms with Gasteiger partial charge >= 0.3 is 0 Å². The molecule has 56 valence electrons. The average molecular weight is 140 g/mol. The maximum absolute atomic E-state index is 7.22. The van der Waals surface area contributed by atoms with Gasteiger partial charge in [-0.1, -0.05) is 18.7 Å². The molecule has 0 aromatic carbocycles. The van der Waals surface area contributed by atoms with Crippen LogP contribution in [-0.2, 0) is 4.84 Å². The predicted octanol–water partition coefficient (Wildman–Crippen LogP) is 0.899. The summed E-state index contributed by atoms with van der Waals surface area (Å²) in [6, 6.07) is 0. The molecule has 0 bridgehead atoms. The molecule has 0 saturated heterocycles. The van der Waals surface area contributed by atoms with Crippen molar-refractivity contribution >= 4 is 5.71 Å². The molecule has 3 heteroatoms. The Bertz CT molecular complexity index is 141. The smallest absolute Gasteiger partial charge is 0.0626 e. The molecule has 0 saturated carbocycles. The Morgan fingerprint density at radius 1 is 1.80 bits per heavy atom. The zero-order chi connectivity index (χ0) is 7.82. The van der Waals surface area contributed by atoms with Crippen molar-refractivity contribution in [3.05, 3.63) is 24.8 Å². The molecule has 0 spiro atoms. The zero-order valence-electron chi connectivity index (χ0n) is 6.05. The summed E-state index contributed by atoms with van der Waals surface area (Å²) in [5.41, 5.74) is 3.01. The van der Waals surface area contributed by atoms with Crippen LogP contribution in [0.3, 0.4) is 0 Å². The molecule has 0 aromatic rings. The average Bonchev–Trinajstić information content (AvgIpc) is 1.97. The standard InChI is InChI=1S/C7H12N2O/c1-3-4-5-7(8)6-9-10-2/h3-5,8-9H,1,6H2,2H3/b5-4-,8-7?. The van der Waals surface area contributed by atoms with Gasteiger partial charge in [0.15, 0.2) is 0 Å². The van der Waals surface area contributed by atoms with Crippen LogP contribution in [0.1, 0.15) is 0 Å². The van der Waals surface area contributed by atoms with Gasteiger partial charge in [-0.05, 0) is 6.08 Å². The van der Waals surface area contributed by atoms with E-state index >= 15 is 0 Å². The Labute approximate surface area is 60.9 Å². The van der Waals surface area contributed by atoms with Crippen LogP contribution in [0, 0.1) is 5.41 Å². The van der Waals surface area contributed by atoms with Crippen LogP contribution in [-0.4, -0.2) is 19.4 Å². The Balaban J connectivity index is 3.43. The fraction of sp³-hybridized carbons (Fsp3) is 0.286. The lowest BCUT2D eigenvalue weighted by Gasteiger charge is -1.97. The first-order valence-corrected chi connectivity index (χ1v) is 2.93. The molecule has 0 radical (unpaired) electrons. The predicted molar refractivity (Wildman–Crippen MR) is 42.1 cm³/mol. The third-order valence-electron chi connectivity index (χ3n) is 0.840. The molecule has 3 nitrogen and oxygen atoms in total. The van der Waals surface area contributed by atoms with Gasteiger partial charge in [0.25, 0.3) is 0 Å². The van der Waals surface area contributed by atoms with Crippen LogP contribution in [0.15, 0.2) is 24.8 Å². The molecular formula is C7H12N2O. The first-order valence-electron chi connectivity index (χ1n) is 2.93. The number of hydrogen-bond acceptors (Lipinski definition) is 3. The van der Waals surface area contributed by atoms with Crippen LogP contribution in [0.2, 0.25) is 0 Å². The summed E-state index contributed by atoms with van der Waals surface area (Å²) in [5.74, 6) is 0. The lowest BCUT2D eigenvalue weighted by atomic mass is 10.3. The summed E-state index contributed by atoms with van der Waals surface area (Å²) in [6.45, 7) is 3.90. The van der Waals surface area contributed by atoms with E-state index < -0.39 is 0 Å². The second-order valence-electron chi connectivity index (χ2n) is 1.65. The van der Waals surface area contributed by atoms with Crippen molar-refractivity contribution in [3.8, 4) is 0 Å². The summed E-state index contributed by atoms with van der Waals surface area (Å²) < 4.78 is 0. The minimum Gasteiger partial charge on any atom is -0.305 e. The van der Waals surface area contributed by atoms with Gasteiger partial charge in [0, 0.05) is 5.71 Å². The SMILES string of the molecule is C=C/C=C\C(=N)CNOC. The molecule has 0 fully saturated rings. The van der Waals surface area contributed by atoms with Crippen molar-refractivity contribution in [2.24, 2.45) is 0 Å². The van der Waals surface area contributed by atoms with Gasteiger partial charge in [-0.3, -0.25) is 0 Å². The fourth-order valence-corrected chi connectivity index (χ4v) is 0.393. The van der Waals surface area contributed by atoms with Crippen LogP contribution in [0.5, 0.6) is 0 Å². The van der Waals surface area contributed by atoms with E-state index in [2.05, 4.69) is 16.9 Å². The maximum Gasteiger partial charge on any atom is 0.0626 e. The van der Waals surface area contributed by atoms with Crippen LogP contribution in [0.4, 0.5) is 0 Å². The number of rotatable bonds is 5. The van der Waals surface area contributed by atoms with Crippen molar-refractivity contribution in [2.45, 2.75) is 0 Å². The Morgan fingerprint density at radius 2 is 2.50 bits per heavy atom. The third-order valence-corrected chi connectivity index (χ3v) is 0.840. The minimum absolute atomic E-state index is 0.418. The highest BCUT2D eigenvalue weighted by molar-refractivity contribution is 5.93. The molecule has 2 N–H and O–H groups in total. The van der Waals surface area contributed by atoms with E-state index in [-0.39, 0.29) is 0 Å². The topological polar surface area (TPSA) is 45.1 Å². The quantitative estimate of drug-likeness (QED) is 0.338. The first-order chi connectivity index (χ1) is 4.81. The largest absolute Gasteiger partial charge is 0.305 e. The number of hydrogen-bond donors (Lipinski definition) is 2. The van der Waals surface area contributed by atoms with E-state index in [1.54, 1.807) is 18.2 Å². The van der Waals surface area contributed by atoms with Crippen LogP contribution < -0.4 is 5.48 Å². The van der Waals surface area contributed by atoms with Gasteiger partial charge in [-0.2, -0.15) is 5.48 Å². The lowest BCUT2D eigenvalue weighted by molar-refractivity contribution is 0.104. The summed E-state index contributed by atoms with van der Waals surface area (Å²) in [6.07, 6.45) is 4.99. The van der Waals surface area contributed by atoms with E-state index in [0.29, 0.717) is 12.3 Å². The second-order valence-corrected chi connectivity index (χ2v) is 1.65. The van der Waals surface area contributed by atoms with Crippen molar-refractivity contribution in [1.82, 2.24) is 5.48 Å². The summed E-state index contributed by atoms with van der Waals surface area (Å²) in [7, 11) is 1.52. The Morgan fingerprint density at radius 3 is 3.00 bits per heavy atom. The highest BCUT2D eigenvalue weighted by atomic mass is 16.6. The number of nitrogens with one attached hydrogen (secondary N) is 2. The van der Waals surface area contributed by atoms with E-state index in [4.69, 9.17) is 5.41 Å². The highest BCUT2D eigenvalue weighted by Crippen LogP contribution is 1.76. The van der Waals surface area contributed by atoms with Crippen molar-refractivity contribution in [2.75, 3.05) is 13.7 Å². The highest BCUT2D eigenvalue weighted by Gasteiger charge is 1.86. The minimum atomic E-state index is 0.418. The fourth-order valence-electron chi connectivity index (χ4n) is 0.393. The molecule has 0 aliphatic heterocycles. The molecule has 0 amide bonds. The number of allylic oxidation sites excluding steroid dienone is 2. The monoisotopic (exact) mass is 140 g/mol. The van der Waals surface area contributed by atoms with Crippen molar-refractivity contribution in [3.63, 3.8) is 0 Å². The van der Waals surface area contributed by atoms with Crippen molar-refractivity contribution in [1.29, 1.82) is 5.41 Å². The van der Waals surface area contributed by atoms with Crippen LogP contribution >= 0.6 is 0 Å². The maximum atomic E-state index is 7.22. The number of hydroxylamine groups is 1.